The molecular formula is C15H19NO4. The van der Waals surface area contributed by atoms with Crippen LogP contribution in [0, 0.1) is 12.3 Å². The topological polar surface area (TPSA) is 56.8 Å². The highest BCUT2D eigenvalue weighted by Crippen LogP contribution is 2.30. The van der Waals surface area contributed by atoms with Crippen molar-refractivity contribution < 1.29 is 19.0 Å². The fourth-order valence-electron chi connectivity index (χ4n) is 1.76. The average Bonchev–Trinajstić information content (AvgIpc) is 2.47. The molecule has 1 unspecified atom stereocenters. The monoisotopic (exact) mass is 277 g/mol. The molecule has 20 heavy (non-hydrogen) atoms. The van der Waals surface area contributed by atoms with E-state index in [4.69, 9.17) is 20.6 Å². The van der Waals surface area contributed by atoms with E-state index in [1.54, 1.807) is 32.2 Å². The third-order valence-corrected chi connectivity index (χ3v) is 2.67. The van der Waals surface area contributed by atoms with E-state index in [0.717, 1.165) is 0 Å². The normalized spacial score (nSPS) is 11.3. The van der Waals surface area contributed by atoms with Crippen molar-refractivity contribution in [2.75, 3.05) is 27.4 Å². The summed E-state index contributed by atoms with van der Waals surface area (Å²) in [7, 11) is 3.09. The third kappa shape index (κ3) is 3.90. The Bertz CT molecular complexity index is 493. The molecule has 5 heteroatoms. The molecule has 0 heterocycles. The summed E-state index contributed by atoms with van der Waals surface area (Å²) in [4.78, 5) is 12.0. The highest BCUT2D eigenvalue weighted by molar-refractivity contribution is 5.78. The number of nitrogens with one attached hydrogen (secondary N) is 1. The summed E-state index contributed by atoms with van der Waals surface area (Å²) in [5, 5.41) is 2.95. The predicted molar refractivity (Wildman–Crippen MR) is 75.8 cm³/mol. The second kappa shape index (κ2) is 8.08. The molecule has 1 atom stereocenters. The third-order valence-electron chi connectivity index (χ3n) is 2.67. The molecule has 1 rings (SSSR count). The fourth-order valence-corrected chi connectivity index (χ4v) is 1.76. The van der Waals surface area contributed by atoms with Crippen LogP contribution in [0.1, 0.15) is 18.5 Å². The van der Waals surface area contributed by atoms with Gasteiger partial charge in [-0.1, -0.05) is 12.0 Å². The van der Waals surface area contributed by atoms with Crippen molar-refractivity contribution in [1.82, 2.24) is 5.32 Å². The van der Waals surface area contributed by atoms with Crippen molar-refractivity contribution in [3.8, 4) is 23.8 Å². The van der Waals surface area contributed by atoms with Gasteiger partial charge in [0.1, 0.15) is 6.04 Å². The summed E-state index contributed by atoms with van der Waals surface area (Å²) in [6, 6.07) is 4.60. The van der Waals surface area contributed by atoms with Gasteiger partial charge in [0.15, 0.2) is 11.5 Å². The molecule has 1 N–H and O–H groups in total. The maximum atomic E-state index is 12.0. The van der Waals surface area contributed by atoms with Gasteiger partial charge in [-0.3, -0.25) is 5.32 Å². The number of rotatable bonds is 7. The Morgan fingerprint density at radius 2 is 2.05 bits per heavy atom. The average molecular weight is 277 g/mol. The van der Waals surface area contributed by atoms with Crippen LogP contribution in [0.15, 0.2) is 18.2 Å². The molecule has 0 amide bonds. The van der Waals surface area contributed by atoms with Crippen LogP contribution < -0.4 is 14.8 Å². The van der Waals surface area contributed by atoms with E-state index in [2.05, 4.69) is 11.2 Å². The number of esters is 1. The van der Waals surface area contributed by atoms with Crippen LogP contribution in [0.5, 0.6) is 11.5 Å². The lowest BCUT2D eigenvalue weighted by Crippen LogP contribution is -2.30. The Balaban J connectivity index is 3.06. The van der Waals surface area contributed by atoms with Crippen molar-refractivity contribution in [3.05, 3.63) is 23.8 Å². The highest BCUT2D eigenvalue weighted by Gasteiger charge is 2.22. The maximum absolute atomic E-state index is 12.0. The van der Waals surface area contributed by atoms with E-state index >= 15 is 0 Å². The summed E-state index contributed by atoms with van der Waals surface area (Å²) < 4.78 is 15.4. The summed E-state index contributed by atoms with van der Waals surface area (Å²) >= 11 is 0. The van der Waals surface area contributed by atoms with Crippen LogP contribution in [0.25, 0.3) is 0 Å². The molecule has 0 aromatic heterocycles. The molecule has 0 aliphatic rings. The number of ether oxygens (including phenoxy) is 3. The number of methoxy groups -OCH3 is 2. The molecule has 0 radical (unpaired) electrons. The molecule has 0 aliphatic carbocycles. The molecular weight excluding hydrogens is 258 g/mol. The Morgan fingerprint density at radius 1 is 1.35 bits per heavy atom. The predicted octanol–water partition coefficient (Wildman–Crippen LogP) is 1.53. The van der Waals surface area contributed by atoms with Crippen molar-refractivity contribution in [3.63, 3.8) is 0 Å². The fraction of sp³-hybridized carbons (Fsp3) is 0.400. The van der Waals surface area contributed by atoms with E-state index in [-0.39, 0.29) is 12.5 Å². The van der Waals surface area contributed by atoms with Crippen LogP contribution in [0.2, 0.25) is 0 Å². The molecule has 0 saturated heterocycles. The lowest BCUT2D eigenvalue weighted by molar-refractivity contribution is -0.145. The minimum atomic E-state index is -0.634. The van der Waals surface area contributed by atoms with E-state index in [9.17, 15) is 4.79 Å². The van der Waals surface area contributed by atoms with Crippen molar-refractivity contribution in [2.45, 2.75) is 13.0 Å². The quantitative estimate of drug-likeness (QED) is 0.605. The van der Waals surface area contributed by atoms with E-state index < -0.39 is 6.04 Å². The first-order valence-corrected chi connectivity index (χ1v) is 6.23. The van der Waals surface area contributed by atoms with Crippen molar-refractivity contribution >= 4 is 5.97 Å². The second-order valence-electron chi connectivity index (χ2n) is 3.88. The summed E-state index contributed by atoms with van der Waals surface area (Å²) in [5.41, 5.74) is 0.705. The number of terminal acetylenes is 1. The zero-order valence-electron chi connectivity index (χ0n) is 11.9. The smallest absolute Gasteiger partial charge is 0.327 e. The molecule has 1 aromatic rings. The second-order valence-corrected chi connectivity index (χ2v) is 3.88. The minimum absolute atomic E-state index is 0.262. The standard InChI is InChI=1S/C15H19NO4/c1-5-9-16-14(15(17)20-6-2)11-7-8-12(18-3)13(10-11)19-4/h1,7-8,10,14,16H,6,9H2,2-4H3. The van der Waals surface area contributed by atoms with Crippen molar-refractivity contribution in [1.29, 1.82) is 0 Å². The lowest BCUT2D eigenvalue weighted by Gasteiger charge is -2.18. The van der Waals surface area contributed by atoms with Gasteiger partial charge < -0.3 is 14.2 Å². The van der Waals surface area contributed by atoms with Gasteiger partial charge in [-0.25, -0.2) is 4.79 Å². The number of hydrogen-bond donors (Lipinski definition) is 1. The summed E-state index contributed by atoms with van der Waals surface area (Å²) in [6.07, 6.45) is 5.22. The zero-order valence-corrected chi connectivity index (χ0v) is 11.9. The van der Waals surface area contributed by atoms with E-state index in [1.807, 2.05) is 0 Å². The number of benzene rings is 1. The Kier molecular flexibility index (Phi) is 6.41. The molecule has 5 nitrogen and oxygen atoms in total. The molecule has 0 fully saturated rings. The SMILES string of the molecule is C#CCNC(C(=O)OCC)c1ccc(OC)c(OC)c1. The van der Waals surface area contributed by atoms with Gasteiger partial charge in [-0.15, -0.1) is 6.42 Å². The Labute approximate surface area is 119 Å². The van der Waals surface area contributed by atoms with Crippen LogP contribution in [0.3, 0.4) is 0 Å². The molecule has 0 aliphatic heterocycles. The van der Waals surface area contributed by atoms with Gasteiger partial charge in [0.25, 0.3) is 0 Å². The van der Waals surface area contributed by atoms with Gasteiger partial charge in [-0.2, -0.15) is 0 Å². The van der Waals surface area contributed by atoms with Crippen LogP contribution >= 0.6 is 0 Å². The van der Waals surface area contributed by atoms with Crippen LogP contribution in [0.4, 0.5) is 0 Å². The zero-order chi connectivity index (χ0) is 15.0. The van der Waals surface area contributed by atoms with Gasteiger partial charge >= 0.3 is 5.97 Å². The first kappa shape index (κ1) is 15.9. The number of carbonyl (C=O) groups excluding carboxylic acids is 1. The lowest BCUT2D eigenvalue weighted by atomic mass is 10.1. The van der Waals surface area contributed by atoms with Gasteiger partial charge in [0.2, 0.25) is 0 Å². The maximum Gasteiger partial charge on any atom is 0.327 e. The Morgan fingerprint density at radius 3 is 2.60 bits per heavy atom. The Hall–Kier alpha value is -2.19. The highest BCUT2D eigenvalue weighted by atomic mass is 16.5. The molecule has 0 bridgehead atoms. The van der Waals surface area contributed by atoms with Crippen LogP contribution in [-0.2, 0) is 9.53 Å². The van der Waals surface area contributed by atoms with Gasteiger partial charge in [0.05, 0.1) is 27.4 Å². The van der Waals surface area contributed by atoms with Gasteiger partial charge in [0, 0.05) is 0 Å². The first-order chi connectivity index (χ1) is 9.67. The number of hydrogen-bond acceptors (Lipinski definition) is 5. The largest absolute Gasteiger partial charge is 0.493 e. The van der Waals surface area contributed by atoms with Crippen molar-refractivity contribution in [2.24, 2.45) is 0 Å². The number of carbonyl (C=O) groups is 1. The molecule has 0 spiro atoms. The van der Waals surface area contributed by atoms with E-state index in [0.29, 0.717) is 23.7 Å². The minimum Gasteiger partial charge on any atom is -0.493 e. The van der Waals surface area contributed by atoms with E-state index in [1.165, 1.54) is 7.11 Å². The molecule has 1 aromatic carbocycles. The van der Waals surface area contributed by atoms with Crippen LogP contribution in [-0.4, -0.2) is 33.3 Å². The molecule has 108 valence electrons. The molecule has 0 saturated carbocycles. The first-order valence-electron chi connectivity index (χ1n) is 6.23. The van der Waals surface area contributed by atoms with Gasteiger partial charge in [-0.05, 0) is 24.6 Å². The summed E-state index contributed by atoms with van der Waals surface area (Å²) in [6.45, 7) is 2.32. The summed E-state index contributed by atoms with van der Waals surface area (Å²) in [5.74, 6) is 3.20.